The standard InChI is InChI=1S/C11H13Cl2N/c1-2-3-6-14-8-9-7-10(12)4-5-11(9)13/h2,4-5,7,14H,1,3,6,8H2. The fourth-order valence-corrected chi connectivity index (χ4v) is 1.49. The van der Waals surface area contributed by atoms with Gasteiger partial charge in [0.15, 0.2) is 0 Å². The number of nitrogens with one attached hydrogen (secondary N) is 1. The minimum Gasteiger partial charge on any atom is -0.312 e. The lowest BCUT2D eigenvalue weighted by molar-refractivity contribution is 0.696. The molecule has 0 aliphatic rings. The predicted octanol–water partition coefficient (Wildman–Crippen LogP) is 3.66. The molecule has 0 unspecified atom stereocenters. The third-order valence-corrected chi connectivity index (χ3v) is 2.45. The molecule has 0 heterocycles. The first-order valence-corrected chi connectivity index (χ1v) is 5.25. The van der Waals surface area contributed by atoms with Gasteiger partial charge in [0.05, 0.1) is 0 Å². The van der Waals surface area contributed by atoms with Crippen LogP contribution in [0.3, 0.4) is 0 Å². The second kappa shape index (κ2) is 6.07. The van der Waals surface area contributed by atoms with Crippen molar-refractivity contribution >= 4 is 23.2 Å². The molecule has 0 amide bonds. The van der Waals surface area contributed by atoms with Gasteiger partial charge < -0.3 is 5.32 Å². The Labute approximate surface area is 94.7 Å². The fourth-order valence-electron chi connectivity index (χ4n) is 1.11. The highest BCUT2D eigenvalue weighted by molar-refractivity contribution is 6.33. The Kier molecular flexibility index (Phi) is 5.02. The molecule has 0 saturated heterocycles. The molecule has 3 heteroatoms. The lowest BCUT2D eigenvalue weighted by atomic mass is 10.2. The topological polar surface area (TPSA) is 12.0 Å². The maximum Gasteiger partial charge on any atom is 0.0451 e. The molecule has 0 aromatic heterocycles. The molecule has 0 fully saturated rings. The molecular weight excluding hydrogens is 217 g/mol. The van der Waals surface area contributed by atoms with Crippen molar-refractivity contribution in [3.8, 4) is 0 Å². The van der Waals surface area contributed by atoms with Gasteiger partial charge >= 0.3 is 0 Å². The molecule has 1 aromatic carbocycles. The van der Waals surface area contributed by atoms with Crippen LogP contribution in [-0.2, 0) is 6.54 Å². The summed E-state index contributed by atoms with van der Waals surface area (Å²) in [7, 11) is 0. The summed E-state index contributed by atoms with van der Waals surface area (Å²) < 4.78 is 0. The van der Waals surface area contributed by atoms with Crippen molar-refractivity contribution in [1.29, 1.82) is 0 Å². The van der Waals surface area contributed by atoms with Crippen LogP contribution < -0.4 is 5.32 Å². The van der Waals surface area contributed by atoms with Gasteiger partial charge in [-0.3, -0.25) is 0 Å². The van der Waals surface area contributed by atoms with Gasteiger partial charge in [-0.25, -0.2) is 0 Å². The molecule has 0 atom stereocenters. The largest absolute Gasteiger partial charge is 0.312 e. The van der Waals surface area contributed by atoms with Crippen molar-refractivity contribution in [2.75, 3.05) is 6.54 Å². The fraction of sp³-hybridized carbons (Fsp3) is 0.273. The lowest BCUT2D eigenvalue weighted by Crippen LogP contribution is -2.14. The Morgan fingerprint density at radius 3 is 2.86 bits per heavy atom. The monoisotopic (exact) mass is 229 g/mol. The molecule has 0 saturated carbocycles. The van der Waals surface area contributed by atoms with Crippen LogP contribution in [0.1, 0.15) is 12.0 Å². The van der Waals surface area contributed by atoms with Crippen LogP contribution in [0, 0.1) is 0 Å². The Balaban J connectivity index is 2.49. The summed E-state index contributed by atoms with van der Waals surface area (Å²) in [6.45, 7) is 5.30. The van der Waals surface area contributed by atoms with Crippen molar-refractivity contribution in [2.24, 2.45) is 0 Å². The summed E-state index contributed by atoms with van der Waals surface area (Å²) in [5.74, 6) is 0. The maximum atomic E-state index is 5.99. The Hall–Kier alpha value is -0.500. The summed E-state index contributed by atoms with van der Waals surface area (Å²) in [5.41, 5.74) is 1.03. The van der Waals surface area contributed by atoms with E-state index in [1.165, 1.54) is 0 Å². The Morgan fingerprint density at radius 2 is 2.14 bits per heavy atom. The molecule has 0 spiro atoms. The highest BCUT2D eigenvalue weighted by Crippen LogP contribution is 2.20. The van der Waals surface area contributed by atoms with E-state index in [0.29, 0.717) is 0 Å². The highest BCUT2D eigenvalue weighted by Gasteiger charge is 1.99. The molecule has 1 nitrogen and oxygen atoms in total. The van der Waals surface area contributed by atoms with Gasteiger partial charge in [-0.1, -0.05) is 29.3 Å². The SMILES string of the molecule is C=CCCNCc1cc(Cl)ccc1Cl. The zero-order valence-electron chi connectivity index (χ0n) is 7.89. The van der Waals surface area contributed by atoms with Crippen molar-refractivity contribution < 1.29 is 0 Å². The van der Waals surface area contributed by atoms with Crippen LogP contribution in [0.15, 0.2) is 30.9 Å². The minimum absolute atomic E-state index is 0.718. The summed E-state index contributed by atoms with van der Waals surface area (Å²) in [6.07, 6.45) is 2.84. The summed E-state index contributed by atoms with van der Waals surface area (Å²) in [6, 6.07) is 5.48. The van der Waals surface area contributed by atoms with Crippen molar-refractivity contribution in [2.45, 2.75) is 13.0 Å². The Bertz CT molecular complexity index is 310. The number of rotatable bonds is 5. The van der Waals surface area contributed by atoms with Crippen LogP contribution >= 0.6 is 23.2 Å². The molecule has 1 N–H and O–H groups in total. The minimum atomic E-state index is 0.718. The van der Waals surface area contributed by atoms with E-state index in [1.54, 1.807) is 6.07 Å². The molecule has 0 aliphatic carbocycles. The number of benzene rings is 1. The average Bonchev–Trinajstić information content (AvgIpc) is 2.18. The van der Waals surface area contributed by atoms with E-state index in [2.05, 4.69) is 11.9 Å². The zero-order valence-corrected chi connectivity index (χ0v) is 9.41. The van der Waals surface area contributed by atoms with Crippen LogP contribution in [0.4, 0.5) is 0 Å². The first kappa shape index (κ1) is 11.6. The predicted molar refractivity (Wildman–Crippen MR) is 63.0 cm³/mol. The van der Waals surface area contributed by atoms with Gasteiger partial charge in [-0.05, 0) is 36.7 Å². The second-order valence-electron chi connectivity index (χ2n) is 2.99. The third-order valence-electron chi connectivity index (χ3n) is 1.85. The number of halogens is 2. The van der Waals surface area contributed by atoms with E-state index in [0.717, 1.165) is 35.1 Å². The molecular formula is C11H13Cl2N. The molecule has 0 aliphatic heterocycles. The van der Waals surface area contributed by atoms with Gasteiger partial charge in [-0.15, -0.1) is 6.58 Å². The van der Waals surface area contributed by atoms with E-state index in [-0.39, 0.29) is 0 Å². The van der Waals surface area contributed by atoms with Crippen LogP contribution in [-0.4, -0.2) is 6.54 Å². The van der Waals surface area contributed by atoms with Gasteiger partial charge in [0.1, 0.15) is 0 Å². The lowest BCUT2D eigenvalue weighted by Gasteiger charge is -2.05. The van der Waals surface area contributed by atoms with E-state index in [1.807, 2.05) is 18.2 Å². The van der Waals surface area contributed by atoms with Gasteiger partial charge in [0.25, 0.3) is 0 Å². The molecule has 0 radical (unpaired) electrons. The van der Waals surface area contributed by atoms with E-state index in [4.69, 9.17) is 23.2 Å². The highest BCUT2D eigenvalue weighted by atomic mass is 35.5. The van der Waals surface area contributed by atoms with E-state index >= 15 is 0 Å². The van der Waals surface area contributed by atoms with Crippen LogP contribution in [0.5, 0.6) is 0 Å². The molecule has 76 valence electrons. The smallest absolute Gasteiger partial charge is 0.0451 e. The molecule has 1 rings (SSSR count). The first-order chi connectivity index (χ1) is 6.74. The van der Waals surface area contributed by atoms with Crippen LogP contribution in [0.25, 0.3) is 0 Å². The van der Waals surface area contributed by atoms with Gasteiger partial charge in [0, 0.05) is 16.6 Å². The normalized spacial score (nSPS) is 10.1. The van der Waals surface area contributed by atoms with E-state index in [9.17, 15) is 0 Å². The molecule has 1 aromatic rings. The second-order valence-corrected chi connectivity index (χ2v) is 3.83. The summed E-state index contributed by atoms with van der Waals surface area (Å²) in [4.78, 5) is 0. The van der Waals surface area contributed by atoms with Gasteiger partial charge in [0.2, 0.25) is 0 Å². The van der Waals surface area contributed by atoms with Crippen molar-refractivity contribution in [3.05, 3.63) is 46.5 Å². The van der Waals surface area contributed by atoms with Gasteiger partial charge in [-0.2, -0.15) is 0 Å². The summed E-state index contributed by atoms with van der Waals surface area (Å²) >= 11 is 11.8. The first-order valence-electron chi connectivity index (χ1n) is 4.49. The average molecular weight is 230 g/mol. The maximum absolute atomic E-state index is 5.99. The van der Waals surface area contributed by atoms with Crippen LogP contribution in [0.2, 0.25) is 10.0 Å². The molecule has 14 heavy (non-hydrogen) atoms. The Morgan fingerprint density at radius 1 is 1.36 bits per heavy atom. The van der Waals surface area contributed by atoms with Crippen molar-refractivity contribution in [3.63, 3.8) is 0 Å². The zero-order chi connectivity index (χ0) is 10.4. The summed E-state index contributed by atoms with van der Waals surface area (Å²) in [5, 5.41) is 4.72. The van der Waals surface area contributed by atoms with Crippen molar-refractivity contribution in [1.82, 2.24) is 5.32 Å². The number of hydrogen-bond donors (Lipinski definition) is 1. The molecule has 0 bridgehead atoms. The third kappa shape index (κ3) is 3.70. The quantitative estimate of drug-likeness (QED) is 0.601. The number of hydrogen-bond acceptors (Lipinski definition) is 1. The van der Waals surface area contributed by atoms with E-state index < -0.39 is 0 Å².